The first-order chi connectivity index (χ1) is 28.8. The number of benzene rings is 1. The van der Waals surface area contributed by atoms with E-state index in [1.807, 2.05) is 61.1 Å². The van der Waals surface area contributed by atoms with Gasteiger partial charge in [0.15, 0.2) is 5.78 Å². The average Bonchev–Trinajstić information content (AvgIpc) is 3.55. The lowest BCUT2D eigenvalue weighted by atomic mass is 9.52. The maximum Gasteiger partial charge on any atom is 0.243 e. The summed E-state index contributed by atoms with van der Waals surface area (Å²) in [5.41, 5.74) is 10.9. The normalized spacial score (nSPS) is 32.8. The van der Waals surface area contributed by atoms with Gasteiger partial charge in [0.2, 0.25) is 5.91 Å². The topological polar surface area (TPSA) is 174 Å². The van der Waals surface area contributed by atoms with Crippen LogP contribution in [0.5, 0.6) is 0 Å². The molecular formula is C48H65N3O7S2. The highest BCUT2D eigenvalue weighted by atomic mass is 33.1. The van der Waals surface area contributed by atoms with E-state index in [1.165, 1.54) is 5.57 Å². The number of amides is 1. The molecule has 0 aromatic heterocycles. The Morgan fingerprint density at radius 2 is 2.03 bits per heavy atom. The van der Waals surface area contributed by atoms with E-state index in [-0.39, 0.29) is 55.8 Å². The van der Waals surface area contributed by atoms with Crippen molar-refractivity contribution in [3.8, 4) is 11.8 Å². The molecule has 1 amide bonds. The smallest absolute Gasteiger partial charge is 0.243 e. The maximum atomic E-state index is 14.5. The lowest BCUT2D eigenvalue weighted by molar-refractivity contribution is -0.168. The van der Waals surface area contributed by atoms with Crippen molar-refractivity contribution in [2.24, 2.45) is 23.0 Å². The molecule has 0 saturated heterocycles. The van der Waals surface area contributed by atoms with E-state index in [1.54, 1.807) is 17.7 Å². The van der Waals surface area contributed by atoms with E-state index in [0.717, 1.165) is 53.9 Å². The van der Waals surface area contributed by atoms with Gasteiger partial charge in [-0.15, -0.1) is 0 Å². The van der Waals surface area contributed by atoms with Crippen LogP contribution in [-0.2, 0) is 20.7 Å². The summed E-state index contributed by atoms with van der Waals surface area (Å²) in [4.78, 5) is 27.7. The molecule has 9 unspecified atom stereocenters. The minimum absolute atomic E-state index is 0.0206. The van der Waals surface area contributed by atoms with Gasteiger partial charge in [0.05, 0.1) is 24.4 Å². The summed E-state index contributed by atoms with van der Waals surface area (Å²) in [5, 5.41) is 51.4. The van der Waals surface area contributed by atoms with Crippen LogP contribution in [0, 0.1) is 29.1 Å². The molecule has 1 aromatic carbocycles. The largest absolute Gasteiger partial charge is 0.396 e. The molecule has 326 valence electrons. The molecule has 2 fully saturated rings. The number of Topliss-reactive ketones (excluding diaryl/α,β-unsaturated/α-hetero) is 1. The van der Waals surface area contributed by atoms with Crippen LogP contribution in [0.1, 0.15) is 114 Å². The number of aliphatic hydroxyl groups is 4. The Bertz CT molecular complexity index is 1940. The Hall–Kier alpha value is -2.96. The SMILES string of the molecule is C=C1C=CC=C(C2CCC3(C(CCCO)C(=C(C)C(=O)Cc4cccc5c4C(NCC(C)O)C(=O)NC5N)CCC3(C)O)C2O)COC2C#CCC(=CCC1)CCSSC2. The summed E-state index contributed by atoms with van der Waals surface area (Å²) in [6.07, 6.45) is 12.2. The molecule has 3 heterocycles. The molecule has 10 nitrogen and oxygen atoms in total. The summed E-state index contributed by atoms with van der Waals surface area (Å²) in [6.45, 7) is 10.0. The summed E-state index contributed by atoms with van der Waals surface area (Å²) in [5.74, 6) is 7.40. The summed E-state index contributed by atoms with van der Waals surface area (Å²) >= 11 is 0. The number of rotatable bonds is 10. The van der Waals surface area contributed by atoms with Crippen LogP contribution >= 0.6 is 21.6 Å². The second-order valence-corrected chi connectivity index (χ2v) is 20.1. The zero-order valence-corrected chi connectivity index (χ0v) is 37.1. The van der Waals surface area contributed by atoms with E-state index in [4.69, 9.17) is 10.5 Å². The minimum atomic E-state index is -1.26. The molecule has 60 heavy (non-hydrogen) atoms. The number of ether oxygens (including phenoxy) is 1. The highest BCUT2D eigenvalue weighted by Crippen LogP contribution is 2.63. The van der Waals surface area contributed by atoms with Crippen molar-refractivity contribution in [2.75, 3.05) is 31.3 Å². The number of hydrogen-bond donors (Lipinski definition) is 7. The van der Waals surface area contributed by atoms with Crippen molar-refractivity contribution in [2.45, 2.75) is 128 Å². The number of carbonyl (C=O) groups is 2. The number of ketones is 1. The first-order valence-electron chi connectivity index (χ1n) is 21.7. The van der Waals surface area contributed by atoms with E-state index >= 15 is 0 Å². The molecule has 8 N–H and O–H groups in total. The first-order valence-corrected chi connectivity index (χ1v) is 24.2. The molecule has 2 bridgehead atoms. The average molecular weight is 860 g/mol. The van der Waals surface area contributed by atoms with Gasteiger partial charge in [0, 0.05) is 48.8 Å². The van der Waals surface area contributed by atoms with Crippen molar-refractivity contribution in [3.05, 3.63) is 93.6 Å². The van der Waals surface area contributed by atoms with Crippen LogP contribution in [0.4, 0.5) is 0 Å². The summed E-state index contributed by atoms with van der Waals surface area (Å²) < 4.78 is 6.57. The van der Waals surface area contributed by atoms with Gasteiger partial charge in [0.1, 0.15) is 18.3 Å². The molecule has 5 aliphatic rings. The fraction of sp³-hybridized carbons (Fsp3) is 0.583. The Labute approximate surface area is 364 Å². The van der Waals surface area contributed by atoms with Gasteiger partial charge in [-0.05, 0) is 112 Å². The minimum Gasteiger partial charge on any atom is -0.396 e. The van der Waals surface area contributed by atoms with Gasteiger partial charge in [-0.2, -0.15) is 0 Å². The first kappa shape index (κ1) is 46.5. The Balaban J connectivity index is 1.33. The van der Waals surface area contributed by atoms with Gasteiger partial charge in [0.25, 0.3) is 0 Å². The summed E-state index contributed by atoms with van der Waals surface area (Å²) in [7, 11) is 3.63. The van der Waals surface area contributed by atoms with Crippen molar-refractivity contribution >= 4 is 33.3 Å². The van der Waals surface area contributed by atoms with Gasteiger partial charge < -0.3 is 36.2 Å². The highest BCUT2D eigenvalue weighted by molar-refractivity contribution is 8.76. The number of nitrogens with two attached hydrogens (primary N) is 1. The second kappa shape index (κ2) is 20.9. The van der Waals surface area contributed by atoms with Gasteiger partial charge in [-0.25, -0.2) is 0 Å². The Morgan fingerprint density at radius 3 is 2.82 bits per heavy atom. The third-order valence-corrected chi connectivity index (χ3v) is 15.9. The van der Waals surface area contributed by atoms with Crippen molar-refractivity contribution in [3.63, 3.8) is 0 Å². The van der Waals surface area contributed by atoms with Gasteiger partial charge in [-0.1, -0.05) is 99.2 Å². The molecule has 2 aliphatic carbocycles. The fourth-order valence-corrected chi connectivity index (χ4v) is 12.4. The predicted octanol–water partition coefficient (Wildman–Crippen LogP) is 6.23. The lowest BCUT2D eigenvalue weighted by Gasteiger charge is -2.55. The quantitative estimate of drug-likeness (QED) is 0.0616. The molecule has 12 heteroatoms. The van der Waals surface area contributed by atoms with Crippen LogP contribution in [0.15, 0.2) is 76.9 Å². The number of hydrogen-bond acceptors (Lipinski definition) is 11. The van der Waals surface area contributed by atoms with Crippen LogP contribution in [-0.4, -0.2) is 87.3 Å². The zero-order valence-electron chi connectivity index (χ0n) is 35.5. The molecule has 0 radical (unpaired) electrons. The number of carbonyl (C=O) groups excluding carboxylic acids is 2. The molecule has 6 rings (SSSR count). The fourth-order valence-electron chi connectivity index (χ4n) is 10.2. The third-order valence-electron chi connectivity index (χ3n) is 13.5. The highest BCUT2D eigenvalue weighted by Gasteiger charge is 2.64. The maximum absolute atomic E-state index is 14.5. The van der Waals surface area contributed by atoms with Gasteiger partial charge in [-0.3, -0.25) is 14.9 Å². The second-order valence-electron chi connectivity index (χ2n) is 17.5. The molecule has 9 atom stereocenters. The van der Waals surface area contributed by atoms with Crippen LogP contribution in [0.3, 0.4) is 0 Å². The van der Waals surface area contributed by atoms with Crippen molar-refractivity contribution in [1.29, 1.82) is 0 Å². The van der Waals surface area contributed by atoms with Crippen LogP contribution in [0.25, 0.3) is 0 Å². The van der Waals surface area contributed by atoms with Crippen molar-refractivity contribution in [1.82, 2.24) is 10.6 Å². The molecule has 3 aliphatic heterocycles. The predicted molar refractivity (Wildman–Crippen MR) is 242 cm³/mol. The lowest BCUT2D eigenvalue weighted by Crippen LogP contribution is -2.59. The zero-order chi connectivity index (χ0) is 43.0. The Kier molecular flexibility index (Phi) is 16.2. The van der Waals surface area contributed by atoms with Crippen LogP contribution < -0.4 is 16.4 Å². The van der Waals surface area contributed by atoms with E-state index in [0.29, 0.717) is 60.8 Å². The molecule has 1 aromatic rings. The van der Waals surface area contributed by atoms with E-state index < -0.39 is 35.4 Å². The van der Waals surface area contributed by atoms with Crippen LogP contribution in [0.2, 0.25) is 0 Å². The number of nitrogens with one attached hydrogen (secondary N) is 2. The molecule has 2 saturated carbocycles. The number of allylic oxidation sites excluding steroid dienone is 8. The standard InChI is InChI=1S/C48H65N3O7S2/c1-30-10-5-12-33-13-7-16-36(29-60-59-25-21-33)58-28-35(15-6-11-30)38-20-23-48(44(38)55)40(18-9-24-52)37(19-22-47(48,4)57)32(3)41(54)26-34-14-8-17-39-42(34)43(50-27-31(2)53)46(56)51-45(39)49/h6,8,11-12,14-15,17,31,36,38,40,43-45,50,52-53,55,57H,1,5,9-10,13,18-29,49H2,2-4H3,(H,51,56). The number of fused-ring (bicyclic) bond motifs is 4. The monoisotopic (exact) mass is 859 g/mol. The van der Waals surface area contributed by atoms with E-state index in [2.05, 4.69) is 35.1 Å². The third kappa shape index (κ3) is 10.4. The molecular weight excluding hydrogens is 795 g/mol. The Morgan fingerprint density at radius 1 is 1.22 bits per heavy atom. The van der Waals surface area contributed by atoms with Gasteiger partial charge >= 0.3 is 0 Å². The molecule has 1 spiro atoms. The van der Waals surface area contributed by atoms with E-state index in [9.17, 15) is 30.0 Å². The number of aliphatic hydroxyl groups excluding tert-OH is 3. The van der Waals surface area contributed by atoms with Crippen molar-refractivity contribution < 1.29 is 34.8 Å². The summed E-state index contributed by atoms with van der Waals surface area (Å²) in [6, 6.07) is 4.75.